The molecular formula is C20H34N4. The monoisotopic (exact) mass is 330 g/mol. The van der Waals surface area contributed by atoms with Crippen LogP contribution in [-0.2, 0) is 0 Å². The average Bonchev–Trinajstić information content (AvgIpc) is 3.34. The standard InChI is InChI=1S/C20H34N4/c1-15(2)24(16(3)4)12-11-22-20(21-5)23-14-18-13-19(18)17-9-7-6-8-10-17/h6-10,15-16,18-19H,11-14H2,1-5H3,(H2,21,22,23). The minimum atomic E-state index is 0.569. The number of benzene rings is 1. The first-order valence-electron chi connectivity index (χ1n) is 9.28. The molecule has 0 saturated heterocycles. The highest BCUT2D eigenvalue weighted by Crippen LogP contribution is 2.46. The van der Waals surface area contributed by atoms with E-state index in [1.54, 1.807) is 0 Å². The maximum Gasteiger partial charge on any atom is 0.191 e. The van der Waals surface area contributed by atoms with Crippen LogP contribution in [0, 0.1) is 5.92 Å². The number of nitrogens with one attached hydrogen (secondary N) is 2. The number of aliphatic imine (C=N–C) groups is 1. The molecule has 0 spiro atoms. The second kappa shape index (κ2) is 9.07. The van der Waals surface area contributed by atoms with E-state index in [0.717, 1.165) is 31.5 Å². The van der Waals surface area contributed by atoms with E-state index in [2.05, 4.69) is 78.6 Å². The molecule has 1 aromatic rings. The van der Waals surface area contributed by atoms with Crippen molar-refractivity contribution in [2.45, 2.75) is 52.1 Å². The molecule has 1 fully saturated rings. The minimum absolute atomic E-state index is 0.569. The Kier molecular flexibility index (Phi) is 7.10. The zero-order valence-electron chi connectivity index (χ0n) is 15.9. The quantitative estimate of drug-likeness (QED) is 0.568. The van der Waals surface area contributed by atoms with Crippen LogP contribution in [0.4, 0.5) is 0 Å². The van der Waals surface area contributed by atoms with E-state index in [1.165, 1.54) is 12.0 Å². The van der Waals surface area contributed by atoms with E-state index in [0.29, 0.717) is 18.0 Å². The smallest absolute Gasteiger partial charge is 0.191 e. The lowest BCUT2D eigenvalue weighted by Gasteiger charge is -2.30. The summed E-state index contributed by atoms with van der Waals surface area (Å²) in [6, 6.07) is 12.0. The van der Waals surface area contributed by atoms with Crippen LogP contribution < -0.4 is 10.6 Å². The van der Waals surface area contributed by atoms with Crippen molar-refractivity contribution in [1.29, 1.82) is 0 Å². The van der Waals surface area contributed by atoms with Gasteiger partial charge in [-0.05, 0) is 51.5 Å². The van der Waals surface area contributed by atoms with Gasteiger partial charge in [-0.2, -0.15) is 0 Å². The Morgan fingerprint density at radius 2 is 1.79 bits per heavy atom. The van der Waals surface area contributed by atoms with Gasteiger partial charge in [0.05, 0.1) is 0 Å². The zero-order chi connectivity index (χ0) is 17.5. The fourth-order valence-corrected chi connectivity index (χ4v) is 3.45. The molecular weight excluding hydrogens is 296 g/mol. The average molecular weight is 331 g/mol. The lowest BCUT2D eigenvalue weighted by molar-refractivity contribution is 0.178. The van der Waals surface area contributed by atoms with Gasteiger partial charge in [-0.1, -0.05) is 30.3 Å². The molecule has 0 aromatic heterocycles. The van der Waals surface area contributed by atoms with Crippen LogP contribution in [0.3, 0.4) is 0 Å². The van der Waals surface area contributed by atoms with Crippen molar-refractivity contribution >= 4 is 5.96 Å². The van der Waals surface area contributed by atoms with Crippen molar-refractivity contribution in [1.82, 2.24) is 15.5 Å². The van der Waals surface area contributed by atoms with Gasteiger partial charge in [0.25, 0.3) is 0 Å². The molecule has 0 heterocycles. The molecule has 2 unspecified atom stereocenters. The third-order valence-electron chi connectivity index (χ3n) is 4.89. The summed E-state index contributed by atoms with van der Waals surface area (Å²) >= 11 is 0. The Balaban J connectivity index is 1.68. The van der Waals surface area contributed by atoms with Crippen molar-refractivity contribution in [2.24, 2.45) is 10.9 Å². The van der Waals surface area contributed by atoms with Gasteiger partial charge in [0, 0.05) is 38.8 Å². The van der Waals surface area contributed by atoms with E-state index in [9.17, 15) is 0 Å². The molecule has 1 aliphatic carbocycles. The highest BCUT2D eigenvalue weighted by Gasteiger charge is 2.37. The van der Waals surface area contributed by atoms with E-state index >= 15 is 0 Å². The molecule has 1 aliphatic rings. The molecule has 2 atom stereocenters. The van der Waals surface area contributed by atoms with Crippen LogP contribution in [0.2, 0.25) is 0 Å². The largest absolute Gasteiger partial charge is 0.356 e. The summed E-state index contributed by atoms with van der Waals surface area (Å²) in [7, 11) is 1.85. The second-order valence-corrected chi connectivity index (χ2v) is 7.32. The fourth-order valence-electron chi connectivity index (χ4n) is 3.45. The number of guanidine groups is 1. The van der Waals surface area contributed by atoms with Gasteiger partial charge in [0.1, 0.15) is 0 Å². The summed E-state index contributed by atoms with van der Waals surface area (Å²) in [6.07, 6.45) is 1.28. The van der Waals surface area contributed by atoms with Gasteiger partial charge < -0.3 is 10.6 Å². The summed E-state index contributed by atoms with van der Waals surface area (Å²) in [6.45, 7) is 12.0. The molecule has 4 heteroatoms. The third kappa shape index (κ3) is 5.52. The molecule has 1 aromatic carbocycles. The van der Waals surface area contributed by atoms with Gasteiger partial charge in [0.2, 0.25) is 0 Å². The molecule has 1 saturated carbocycles. The van der Waals surface area contributed by atoms with Crippen molar-refractivity contribution in [3.8, 4) is 0 Å². The lowest BCUT2D eigenvalue weighted by Crippen LogP contribution is -2.45. The maximum atomic E-state index is 4.35. The summed E-state index contributed by atoms with van der Waals surface area (Å²) in [5.41, 5.74) is 1.47. The van der Waals surface area contributed by atoms with Crippen LogP contribution in [-0.4, -0.2) is 49.6 Å². The molecule has 2 N–H and O–H groups in total. The Bertz CT molecular complexity index is 502. The highest BCUT2D eigenvalue weighted by molar-refractivity contribution is 5.79. The molecule has 2 rings (SSSR count). The van der Waals surface area contributed by atoms with Crippen LogP contribution in [0.25, 0.3) is 0 Å². The Labute approximate surface area is 147 Å². The van der Waals surface area contributed by atoms with Crippen molar-refractivity contribution in [3.63, 3.8) is 0 Å². The van der Waals surface area contributed by atoms with Gasteiger partial charge in [-0.15, -0.1) is 0 Å². The number of hydrogen-bond acceptors (Lipinski definition) is 2. The number of hydrogen-bond donors (Lipinski definition) is 2. The first kappa shape index (κ1) is 18.8. The Hall–Kier alpha value is -1.55. The zero-order valence-corrected chi connectivity index (χ0v) is 15.9. The van der Waals surface area contributed by atoms with Gasteiger partial charge >= 0.3 is 0 Å². The molecule has 24 heavy (non-hydrogen) atoms. The van der Waals surface area contributed by atoms with Gasteiger partial charge in [0.15, 0.2) is 5.96 Å². The van der Waals surface area contributed by atoms with E-state index in [4.69, 9.17) is 0 Å². The van der Waals surface area contributed by atoms with E-state index in [1.807, 2.05) is 7.05 Å². The normalized spacial score (nSPS) is 20.8. The van der Waals surface area contributed by atoms with E-state index in [-0.39, 0.29) is 0 Å². The van der Waals surface area contributed by atoms with Crippen molar-refractivity contribution < 1.29 is 0 Å². The molecule has 4 nitrogen and oxygen atoms in total. The topological polar surface area (TPSA) is 39.7 Å². The predicted molar refractivity (Wildman–Crippen MR) is 104 cm³/mol. The van der Waals surface area contributed by atoms with Crippen LogP contribution >= 0.6 is 0 Å². The van der Waals surface area contributed by atoms with Crippen molar-refractivity contribution in [3.05, 3.63) is 35.9 Å². The minimum Gasteiger partial charge on any atom is -0.356 e. The molecule has 0 aliphatic heterocycles. The Morgan fingerprint density at radius 3 is 2.38 bits per heavy atom. The van der Waals surface area contributed by atoms with Crippen LogP contribution in [0.5, 0.6) is 0 Å². The van der Waals surface area contributed by atoms with Crippen LogP contribution in [0.1, 0.15) is 45.6 Å². The molecule has 0 amide bonds. The molecule has 0 bridgehead atoms. The highest BCUT2D eigenvalue weighted by atomic mass is 15.2. The van der Waals surface area contributed by atoms with Crippen molar-refractivity contribution in [2.75, 3.05) is 26.7 Å². The third-order valence-corrected chi connectivity index (χ3v) is 4.89. The number of rotatable bonds is 8. The Morgan fingerprint density at radius 1 is 1.12 bits per heavy atom. The summed E-state index contributed by atoms with van der Waals surface area (Å²) in [4.78, 5) is 6.84. The number of nitrogens with zero attached hydrogens (tertiary/aromatic N) is 2. The first-order valence-corrected chi connectivity index (χ1v) is 9.28. The van der Waals surface area contributed by atoms with Crippen LogP contribution in [0.15, 0.2) is 35.3 Å². The first-order chi connectivity index (χ1) is 11.5. The molecule has 134 valence electrons. The predicted octanol–water partition coefficient (Wildman–Crippen LogP) is 3.07. The van der Waals surface area contributed by atoms with Gasteiger partial charge in [-0.25, -0.2) is 0 Å². The lowest BCUT2D eigenvalue weighted by atomic mass is 10.1. The fraction of sp³-hybridized carbons (Fsp3) is 0.650. The van der Waals surface area contributed by atoms with E-state index < -0.39 is 0 Å². The summed E-state index contributed by atoms with van der Waals surface area (Å²) in [5.74, 6) is 2.36. The maximum absolute atomic E-state index is 4.35. The SMILES string of the molecule is CN=C(NCCN(C(C)C)C(C)C)NCC1CC1c1ccccc1. The second-order valence-electron chi connectivity index (χ2n) is 7.32. The summed E-state index contributed by atoms with van der Waals surface area (Å²) < 4.78 is 0. The van der Waals surface area contributed by atoms with Gasteiger partial charge in [-0.3, -0.25) is 9.89 Å². The summed E-state index contributed by atoms with van der Waals surface area (Å²) in [5, 5.41) is 6.93. The molecule has 0 radical (unpaired) electrons.